The first-order valence-corrected chi connectivity index (χ1v) is 11.2. The van der Waals surface area contributed by atoms with Crippen LogP contribution in [0.5, 0.6) is 0 Å². The number of fused-ring (bicyclic) bond motifs is 2. The lowest BCUT2D eigenvalue weighted by molar-refractivity contribution is -0.151. The van der Waals surface area contributed by atoms with Crippen LogP contribution in [-0.2, 0) is 9.53 Å². The Bertz CT molecular complexity index is 1330. The number of carbonyl (C=O) groups excluding carboxylic acids is 1. The highest BCUT2D eigenvalue weighted by atomic mass is 16.5. The van der Waals surface area contributed by atoms with E-state index in [1.165, 1.54) is 0 Å². The van der Waals surface area contributed by atoms with Gasteiger partial charge in [0.1, 0.15) is 6.04 Å². The summed E-state index contributed by atoms with van der Waals surface area (Å²) in [6.07, 6.45) is 5.49. The molecule has 0 aliphatic heterocycles. The number of nitrogens with zero attached hydrogens (tertiary/aromatic N) is 1. The van der Waals surface area contributed by atoms with E-state index < -0.39 is 12.1 Å². The van der Waals surface area contributed by atoms with Gasteiger partial charge in [-0.15, -0.1) is 6.58 Å². The molecular weight excluding hydrogens is 406 g/mol. The van der Waals surface area contributed by atoms with Crippen LogP contribution in [0, 0.1) is 0 Å². The molecule has 0 aliphatic rings. The normalized spacial score (nSPS) is 12.2. The maximum absolute atomic E-state index is 13.6. The molecule has 33 heavy (non-hydrogen) atoms. The van der Waals surface area contributed by atoms with Crippen LogP contribution in [0.2, 0.25) is 0 Å². The summed E-state index contributed by atoms with van der Waals surface area (Å²) in [4.78, 5) is 13.6. The molecule has 0 aliphatic carbocycles. The van der Waals surface area contributed by atoms with Crippen molar-refractivity contribution in [1.29, 1.82) is 0 Å². The first-order valence-electron chi connectivity index (χ1n) is 11.2. The van der Waals surface area contributed by atoms with E-state index >= 15 is 0 Å². The lowest BCUT2D eigenvalue weighted by Gasteiger charge is -2.25. The Morgan fingerprint density at radius 3 is 1.82 bits per heavy atom. The molecule has 1 aromatic heterocycles. The molecule has 3 heteroatoms. The third-order valence-corrected chi connectivity index (χ3v) is 6.10. The van der Waals surface area contributed by atoms with E-state index in [9.17, 15) is 4.79 Å². The number of benzene rings is 4. The Morgan fingerprint density at radius 2 is 1.27 bits per heavy atom. The van der Waals surface area contributed by atoms with Crippen molar-refractivity contribution in [2.75, 3.05) is 0 Å². The van der Waals surface area contributed by atoms with Crippen molar-refractivity contribution >= 4 is 27.5 Å². The fourth-order valence-corrected chi connectivity index (χ4v) is 4.50. The van der Waals surface area contributed by atoms with E-state index in [-0.39, 0.29) is 5.97 Å². The fraction of sp³-hybridized carbons (Fsp3) is 0.100. The van der Waals surface area contributed by atoms with Gasteiger partial charge in [-0.2, -0.15) is 0 Å². The van der Waals surface area contributed by atoms with E-state index in [2.05, 4.69) is 55.1 Å². The number of rotatable bonds is 7. The van der Waals surface area contributed by atoms with Crippen LogP contribution in [0.1, 0.15) is 29.7 Å². The second-order valence-corrected chi connectivity index (χ2v) is 8.12. The Kier molecular flexibility index (Phi) is 5.77. The third-order valence-electron chi connectivity index (χ3n) is 6.10. The van der Waals surface area contributed by atoms with Gasteiger partial charge >= 0.3 is 5.97 Å². The number of allylic oxidation sites excluding steroid dienone is 1. The molecular formula is C30H25NO2. The van der Waals surface area contributed by atoms with Gasteiger partial charge in [0.05, 0.1) is 0 Å². The molecule has 0 fully saturated rings. The average molecular weight is 432 g/mol. The zero-order chi connectivity index (χ0) is 22.6. The number of hydrogen-bond acceptors (Lipinski definition) is 2. The van der Waals surface area contributed by atoms with Crippen LogP contribution in [0.3, 0.4) is 0 Å². The second kappa shape index (κ2) is 9.17. The molecule has 0 unspecified atom stereocenters. The maximum Gasteiger partial charge on any atom is 0.330 e. The van der Waals surface area contributed by atoms with Crippen LogP contribution < -0.4 is 0 Å². The molecule has 162 valence electrons. The molecule has 1 atom stereocenters. The average Bonchev–Trinajstić information content (AvgIpc) is 3.40. The summed E-state index contributed by atoms with van der Waals surface area (Å²) < 4.78 is 8.25. The molecule has 0 radical (unpaired) electrons. The number of esters is 1. The van der Waals surface area contributed by atoms with Gasteiger partial charge in [0.2, 0.25) is 0 Å². The number of hydrogen-bond donors (Lipinski definition) is 0. The number of ether oxygens (including phenoxy) is 1. The predicted octanol–water partition coefficient (Wildman–Crippen LogP) is 7.24. The summed E-state index contributed by atoms with van der Waals surface area (Å²) in [5, 5.41) is 4.38. The van der Waals surface area contributed by atoms with Crippen LogP contribution in [0.25, 0.3) is 21.5 Å². The molecule has 0 saturated heterocycles. The first kappa shape index (κ1) is 20.8. The minimum absolute atomic E-state index is 0.281. The van der Waals surface area contributed by atoms with Crippen molar-refractivity contribution in [3.05, 3.63) is 133 Å². The summed E-state index contributed by atoms with van der Waals surface area (Å²) in [5.74, 6) is -0.281. The Morgan fingerprint density at radius 1 is 0.758 bits per heavy atom. The molecule has 3 nitrogen and oxygen atoms in total. The molecule has 0 amide bonds. The van der Waals surface area contributed by atoms with Crippen molar-refractivity contribution in [3.63, 3.8) is 0 Å². The zero-order valence-corrected chi connectivity index (χ0v) is 18.3. The Balaban J connectivity index is 1.66. The van der Waals surface area contributed by atoms with Crippen molar-refractivity contribution in [3.8, 4) is 0 Å². The predicted molar refractivity (Wildman–Crippen MR) is 134 cm³/mol. The fourth-order valence-electron chi connectivity index (χ4n) is 4.50. The standard InChI is InChI=1S/C30H25NO2/c1-2-11-28(31-20-7-8-21-31)30(32)33-29(26-18-9-14-22-12-3-5-16-24(22)26)27-19-10-15-23-13-4-6-17-25(23)27/h2-10,12-21,28-29H,1,11H2/t28-/m0/s1. The van der Waals surface area contributed by atoms with E-state index in [0.29, 0.717) is 6.42 Å². The van der Waals surface area contributed by atoms with Crippen LogP contribution in [-0.4, -0.2) is 10.5 Å². The largest absolute Gasteiger partial charge is 0.451 e. The molecule has 5 rings (SSSR count). The SMILES string of the molecule is C=CC[C@@H](C(=O)OC(c1cccc2ccccc12)c1cccc2ccccc12)n1cccc1. The van der Waals surface area contributed by atoms with E-state index in [1.807, 2.05) is 65.5 Å². The van der Waals surface area contributed by atoms with Crippen molar-refractivity contribution < 1.29 is 9.53 Å². The quantitative estimate of drug-likeness (QED) is 0.201. The number of carbonyl (C=O) groups is 1. The minimum Gasteiger partial charge on any atom is -0.451 e. The zero-order valence-electron chi connectivity index (χ0n) is 18.3. The monoisotopic (exact) mass is 431 g/mol. The lowest BCUT2D eigenvalue weighted by atomic mass is 9.92. The van der Waals surface area contributed by atoms with Crippen molar-refractivity contribution in [1.82, 2.24) is 4.57 Å². The van der Waals surface area contributed by atoms with E-state index in [4.69, 9.17) is 4.74 Å². The molecule has 0 spiro atoms. The molecule has 0 bridgehead atoms. The summed E-state index contributed by atoms with van der Waals surface area (Å²) in [6, 6.07) is 32.1. The van der Waals surface area contributed by atoms with Gasteiger partial charge in [-0.05, 0) is 40.1 Å². The number of aromatic nitrogens is 1. The first-order chi connectivity index (χ1) is 16.3. The van der Waals surface area contributed by atoms with Gasteiger partial charge in [0, 0.05) is 23.5 Å². The van der Waals surface area contributed by atoms with Gasteiger partial charge in [0.15, 0.2) is 6.10 Å². The Hall–Kier alpha value is -4.11. The molecule has 0 N–H and O–H groups in total. The summed E-state index contributed by atoms with van der Waals surface area (Å²) >= 11 is 0. The smallest absolute Gasteiger partial charge is 0.330 e. The third kappa shape index (κ3) is 4.06. The highest BCUT2D eigenvalue weighted by molar-refractivity contribution is 5.90. The van der Waals surface area contributed by atoms with E-state index in [0.717, 1.165) is 32.7 Å². The second-order valence-electron chi connectivity index (χ2n) is 8.12. The minimum atomic E-state index is -0.544. The van der Waals surface area contributed by atoms with Crippen LogP contribution in [0.4, 0.5) is 0 Å². The summed E-state index contributed by atoms with van der Waals surface area (Å²) in [7, 11) is 0. The van der Waals surface area contributed by atoms with Crippen LogP contribution >= 0.6 is 0 Å². The lowest BCUT2D eigenvalue weighted by Crippen LogP contribution is -2.23. The van der Waals surface area contributed by atoms with Gasteiger partial charge < -0.3 is 9.30 Å². The van der Waals surface area contributed by atoms with Gasteiger partial charge in [-0.1, -0.05) is 91.0 Å². The Labute approximate surface area is 193 Å². The molecule has 0 saturated carbocycles. The summed E-state index contributed by atoms with van der Waals surface area (Å²) in [5.41, 5.74) is 1.95. The van der Waals surface area contributed by atoms with Gasteiger partial charge in [-0.3, -0.25) is 0 Å². The van der Waals surface area contributed by atoms with Crippen molar-refractivity contribution in [2.24, 2.45) is 0 Å². The highest BCUT2D eigenvalue weighted by Crippen LogP contribution is 2.36. The van der Waals surface area contributed by atoms with Gasteiger partial charge in [-0.25, -0.2) is 4.79 Å². The van der Waals surface area contributed by atoms with E-state index in [1.54, 1.807) is 6.08 Å². The molecule has 1 heterocycles. The highest BCUT2D eigenvalue weighted by Gasteiger charge is 2.27. The topological polar surface area (TPSA) is 31.2 Å². The molecule has 5 aromatic rings. The van der Waals surface area contributed by atoms with Gasteiger partial charge in [0.25, 0.3) is 0 Å². The van der Waals surface area contributed by atoms with Crippen LogP contribution in [0.15, 0.2) is 122 Å². The summed E-state index contributed by atoms with van der Waals surface area (Å²) in [6.45, 7) is 3.85. The molecule has 4 aromatic carbocycles. The maximum atomic E-state index is 13.6. The van der Waals surface area contributed by atoms with Crippen molar-refractivity contribution in [2.45, 2.75) is 18.6 Å².